The third-order valence-corrected chi connectivity index (χ3v) is 4.89. The Morgan fingerprint density at radius 2 is 1.71 bits per heavy atom. The highest BCUT2D eigenvalue weighted by Crippen LogP contribution is 2.33. The molecule has 0 aliphatic heterocycles. The number of hydrogen-bond donors (Lipinski definition) is 1. The second-order valence-corrected chi connectivity index (χ2v) is 6.91. The van der Waals surface area contributed by atoms with E-state index in [1.165, 1.54) is 36.4 Å². The van der Waals surface area contributed by atoms with Crippen LogP contribution in [-0.2, 0) is 15.8 Å². The summed E-state index contributed by atoms with van der Waals surface area (Å²) >= 11 is 5.67. The highest BCUT2D eigenvalue weighted by molar-refractivity contribution is 7.91. The first-order chi connectivity index (χ1) is 9.72. The lowest BCUT2D eigenvalue weighted by atomic mass is 10.1. The molecule has 21 heavy (non-hydrogen) atoms. The summed E-state index contributed by atoms with van der Waals surface area (Å²) in [5.74, 6) is -4.86. The van der Waals surface area contributed by atoms with Gasteiger partial charge in [-0.3, -0.25) is 0 Å². The summed E-state index contributed by atoms with van der Waals surface area (Å²) in [6.45, 7) is 0. The summed E-state index contributed by atoms with van der Waals surface area (Å²) in [6, 6.07) is 10.4. The molecule has 0 bridgehead atoms. The highest BCUT2D eigenvalue weighted by Gasteiger charge is 2.38. The number of hydrogen-bond acceptors (Lipinski definition) is 3. The maximum absolute atomic E-state index is 14.1. The van der Waals surface area contributed by atoms with Gasteiger partial charge >= 0.3 is 0 Å². The van der Waals surface area contributed by atoms with E-state index >= 15 is 0 Å². The van der Waals surface area contributed by atoms with E-state index in [4.69, 9.17) is 17.3 Å². The van der Waals surface area contributed by atoms with Gasteiger partial charge < -0.3 is 5.73 Å². The molecule has 2 N–H and O–H groups in total. The van der Waals surface area contributed by atoms with Crippen LogP contribution < -0.4 is 5.73 Å². The number of halogens is 3. The Bertz CT molecular complexity index is 749. The van der Waals surface area contributed by atoms with Gasteiger partial charge in [0.2, 0.25) is 0 Å². The van der Waals surface area contributed by atoms with Gasteiger partial charge in [-0.2, -0.15) is 0 Å². The standard InChI is InChI=1S/C14H12ClF2NO2S/c15-11-6-7-13(12(18)8-11)21(19,20)9-14(16,17)10-4-2-1-3-5-10/h1-8H,9,18H2. The van der Waals surface area contributed by atoms with E-state index in [9.17, 15) is 17.2 Å². The Morgan fingerprint density at radius 1 is 1.10 bits per heavy atom. The number of nitrogen functional groups attached to an aromatic ring is 1. The Labute approximate surface area is 126 Å². The number of alkyl halides is 2. The van der Waals surface area contributed by atoms with E-state index < -0.39 is 21.5 Å². The van der Waals surface area contributed by atoms with Crippen LogP contribution in [0.15, 0.2) is 53.4 Å². The normalized spacial score (nSPS) is 12.3. The molecule has 0 amide bonds. The topological polar surface area (TPSA) is 60.2 Å². The van der Waals surface area contributed by atoms with Crippen molar-refractivity contribution in [3.63, 3.8) is 0 Å². The quantitative estimate of drug-likeness (QED) is 0.872. The number of benzene rings is 2. The summed E-state index contributed by atoms with van der Waals surface area (Å²) in [5.41, 5.74) is 5.05. The molecule has 112 valence electrons. The lowest BCUT2D eigenvalue weighted by Gasteiger charge is -2.17. The van der Waals surface area contributed by atoms with Gasteiger partial charge in [0.1, 0.15) is 5.75 Å². The van der Waals surface area contributed by atoms with Crippen LogP contribution in [0.25, 0.3) is 0 Å². The van der Waals surface area contributed by atoms with E-state index in [-0.39, 0.29) is 21.2 Å². The SMILES string of the molecule is Nc1cc(Cl)ccc1S(=O)(=O)CC(F)(F)c1ccccc1. The van der Waals surface area contributed by atoms with Crippen LogP contribution >= 0.6 is 11.6 Å². The summed E-state index contributed by atoms with van der Waals surface area (Å²) in [7, 11) is -4.25. The van der Waals surface area contributed by atoms with Gasteiger partial charge in [-0.25, -0.2) is 17.2 Å². The number of anilines is 1. The van der Waals surface area contributed by atoms with Crippen molar-refractivity contribution >= 4 is 27.1 Å². The molecule has 0 fully saturated rings. The number of sulfone groups is 1. The number of rotatable bonds is 4. The molecule has 3 nitrogen and oxygen atoms in total. The summed E-state index contributed by atoms with van der Waals surface area (Å²) in [4.78, 5) is -0.345. The molecular formula is C14H12ClF2NO2S. The van der Waals surface area contributed by atoms with Crippen molar-refractivity contribution in [1.82, 2.24) is 0 Å². The second kappa shape index (κ2) is 5.61. The van der Waals surface area contributed by atoms with Crippen LogP contribution in [0.5, 0.6) is 0 Å². The van der Waals surface area contributed by atoms with E-state index in [2.05, 4.69) is 0 Å². The third kappa shape index (κ3) is 3.51. The predicted octanol–water partition coefficient (Wildman–Crippen LogP) is 3.49. The molecule has 2 rings (SSSR count). The van der Waals surface area contributed by atoms with Crippen molar-refractivity contribution in [1.29, 1.82) is 0 Å². The lowest BCUT2D eigenvalue weighted by molar-refractivity contribution is 0.0213. The van der Waals surface area contributed by atoms with E-state index in [1.807, 2.05) is 0 Å². The molecule has 0 radical (unpaired) electrons. The van der Waals surface area contributed by atoms with Crippen molar-refractivity contribution in [2.45, 2.75) is 10.8 Å². The van der Waals surface area contributed by atoms with Gasteiger partial charge in [-0.15, -0.1) is 0 Å². The van der Waals surface area contributed by atoms with Crippen molar-refractivity contribution in [3.05, 3.63) is 59.1 Å². The van der Waals surface area contributed by atoms with Gasteiger partial charge in [-0.1, -0.05) is 41.9 Å². The van der Waals surface area contributed by atoms with Crippen LogP contribution in [0.2, 0.25) is 5.02 Å². The Morgan fingerprint density at radius 3 is 2.29 bits per heavy atom. The van der Waals surface area contributed by atoms with Crippen molar-refractivity contribution < 1.29 is 17.2 Å². The van der Waals surface area contributed by atoms with Crippen LogP contribution in [0.4, 0.5) is 14.5 Å². The first-order valence-electron chi connectivity index (χ1n) is 5.93. The minimum atomic E-state index is -4.25. The fourth-order valence-electron chi connectivity index (χ4n) is 1.88. The first kappa shape index (κ1) is 15.7. The molecule has 0 aliphatic rings. The van der Waals surface area contributed by atoms with Gasteiger partial charge in [0.15, 0.2) is 9.84 Å². The number of nitrogens with two attached hydrogens (primary N) is 1. The Kier molecular flexibility index (Phi) is 4.20. The van der Waals surface area contributed by atoms with E-state index in [1.54, 1.807) is 6.07 Å². The molecular weight excluding hydrogens is 320 g/mol. The molecule has 2 aromatic rings. The Hall–Kier alpha value is -1.66. The predicted molar refractivity (Wildman–Crippen MR) is 78.3 cm³/mol. The second-order valence-electron chi connectivity index (χ2n) is 4.51. The first-order valence-corrected chi connectivity index (χ1v) is 7.96. The van der Waals surface area contributed by atoms with Crippen LogP contribution in [0.3, 0.4) is 0 Å². The van der Waals surface area contributed by atoms with Crippen molar-refractivity contribution in [2.24, 2.45) is 0 Å². The molecule has 2 aromatic carbocycles. The van der Waals surface area contributed by atoms with Gasteiger partial charge in [0, 0.05) is 10.6 Å². The third-order valence-electron chi connectivity index (χ3n) is 2.87. The zero-order chi connectivity index (χ0) is 15.7. The smallest absolute Gasteiger partial charge is 0.287 e. The monoisotopic (exact) mass is 331 g/mol. The molecule has 0 unspecified atom stereocenters. The lowest BCUT2D eigenvalue weighted by Crippen LogP contribution is -2.26. The summed E-state index contributed by atoms with van der Waals surface area (Å²) < 4.78 is 52.5. The maximum Gasteiger partial charge on any atom is 0.287 e. The average Bonchev–Trinajstić information content (AvgIpc) is 2.38. The van der Waals surface area contributed by atoms with Crippen molar-refractivity contribution in [2.75, 3.05) is 11.5 Å². The fraction of sp³-hybridized carbons (Fsp3) is 0.143. The Balaban J connectivity index is 2.37. The fourth-order valence-corrected chi connectivity index (χ4v) is 3.56. The largest absolute Gasteiger partial charge is 0.398 e. The minimum Gasteiger partial charge on any atom is -0.398 e. The summed E-state index contributed by atoms with van der Waals surface area (Å²) in [6.07, 6.45) is 0. The van der Waals surface area contributed by atoms with Gasteiger partial charge in [0.25, 0.3) is 5.92 Å². The van der Waals surface area contributed by atoms with Crippen LogP contribution in [0.1, 0.15) is 5.56 Å². The van der Waals surface area contributed by atoms with Gasteiger partial charge in [-0.05, 0) is 18.2 Å². The molecule has 0 atom stereocenters. The van der Waals surface area contributed by atoms with E-state index in [0.717, 1.165) is 6.07 Å². The highest BCUT2D eigenvalue weighted by atomic mass is 35.5. The van der Waals surface area contributed by atoms with Crippen LogP contribution in [-0.4, -0.2) is 14.2 Å². The molecule has 7 heteroatoms. The average molecular weight is 332 g/mol. The molecule has 0 heterocycles. The zero-order valence-corrected chi connectivity index (χ0v) is 12.3. The van der Waals surface area contributed by atoms with Gasteiger partial charge in [0.05, 0.1) is 10.6 Å². The van der Waals surface area contributed by atoms with Crippen molar-refractivity contribution in [3.8, 4) is 0 Å². The molecule has 0 aromatic heterocycles. The molecule has 0 spiro atoms. The van der Waals surface area contributed by atoms with Crippen LogP contribution in [0, 0.1) is 0 Å². The zero-order valence-electron chi connectivity index (χ0n) is 10.8. The van der Waals surface area contributed by atoms with E-state index in [0.29, 0.717) is 0 Å². The summed E-state index contributed by atoms with van der Waals surface area (Å²) in [5, 5.41) is 0.237. The maximum atomic E-state index is 14.1. The molecule has 0 saturated heterocycles. The molecule has 0 aliphatic carbocycles. The molecule has 0 saturated carbocycles. The minimum absolute atomic E-state index is 0.147.